The van der Waals surface area contributed by atoms with Gasteiger partial charge < -0.3 is 8.71 Å². The van der Waals surface area contributed by atoms with Gasteiger partial charge in [-0.2, -0.15) is 8.42 Å². The predicted octanol–water partition coefficient (Wildman–Crippen LogP) is 1.74. The Kier molecular flexibility index (Phi) is 3.26. The van der Waals surface area contributed by atoms with E-state index >= 15 is 0 Å². The molecule has 10 heteroatoms. The van der Waals surface area contributed by atoms with E-state index in [-0.39, 0.29) is 21.2 Å². The first kappa shape index (κ1) is 15.8. The molecular formula is C15H10N2O6S2. The molecule has 0 bridgehead atoms. The van der Waals surface area contributed by atoms with Crippen LogP contribution in [0, 0.1) is 0 Å². The monoisotopic (exact) mass is 378 g/mol. The summed E-state index contributed by atoms with van der Waals surface area (Å²) < 4.78 is 57.0. The van der Waals surface area contributed by atoms with Gasteiger partial charge in [0.2, 0.25) is 10.0 Å². The summed E-state index contributed by atoms with van der Waals surface area (Å²) >= 11 is 0. The van der Waals surface area contributed by atoms with Crippen LogP contribution < -0.4 is 9.32 Å². The van der Waals surface area contributed by atoms with Crippen LogP contribution in [0.15, 0.2) is 63.0 Å². The SMILES string of the molecule is NS(=O)(=O)c1ccc(-c2conc2OS(=O)(=O)c2cc3cc-3c2)cc1. The van der Waals surface area contributed by atoms with Crippen LogP contribution in [0.25, 0.3) is 22.3 Å². The number of nitrogens with zero attached hydrogens (tertiary/aromatic N) is 1. The fourth-order valence-electron chi connectivity index (χ4n) is 2.33. The fourth-order valence-corrected chi connectivity index (χ4v) is 3.81. The van der Waals surface area contributed by atoms with E-state index < -0.39 is 20.1 Å². The molecule has 1 aromatic carbocycles. The molecule has 4 rings (SSSR count). The first-order valence-corrected chi connectivity index (χ1v) is 9.87. The van der Waals surface area contributed by atoms with Gasteiger partial charge in [0.1, 0.15) is 11.2 Å². The molecular weight excluding hydrogens is 368 g/mol. The van der Waals surface area contributed by atoms with Gasteiger partial charge in [0, 0.05) is 0 Å². The molecule has 0 fully saturated rings. The second-order valence-electron chi connectivity index (χ2n) is 5.39. The van der Waals surface area contributed by atoms with Crippen LogP contribution in [0.4, 0.5) is 0 Å². The van der Waals surface area contributed by atoms with Crippen molar-refractivity contribution in [2.24, 2.45) is 5.14 Å². The van der Waals surface area contributed by atoms with Gasteiger partial charge in [0.15, 0.2) is 0 Å². The third-order valence-electron chi connectivity index (χ3n) is 3.66. The number of hydrogen-bond acceptors (Lipinski definition) is 7. The summed E-state index contributed by atoms with van der Waals surface area (Å²) in [5.74, 6) is -0.239. The van der Waals surface area contributed by atoms with Crippen molar-refractivity contribution in [2.75, 3.05) is 0 Å². The summed E-state index contributed by atoms with van der Waals surface area (Å²) in [5.41, 5.74) is 2.45. The molecule has 2 aliphatic carbocycles. The first-order chi connectivity index (χ1) is 11.7. The smallest absolute Gasteiger partial charge is 0.340 e. The van der Waals surface area contributed by atoms with E-state index in [1.54, 1.807) is 0 Å². The van der Waals surface area contributed by atoms with Gasteiger partial charge in [-0.05, 0) is 52.2 Å². The van der Waals surface area contributed by atoms with Gasteiger partial charge in [-0.3, -0.25) is 0 Å². The van der Waals surface area contributed by atoms with Crippen molar-refractivity contribution in [3.05, 3.63) is 48.7 Å². The maximum atomic E-state index is 12.3. The van der Waals surface area contributed by atoms with E-state index in [0.29, 0.717) is 5.56 Å². The largest absolute Gasteiger partial charge is 0.360 e. The van der Waals surface area contributed by atoms with Crippen LogP contribution >= 0.6 is 0 Å². The highest BCUT2D eigenvalue weighted by molar-refractivity contribution is 7.89. The number of aromatic nitrogens is 1. The minimum Gasteiger partial charge on any atom is -0.360 e. The van der Waals surface area contributed by atoms with Crippen molar-refractivity contribution < 1.29 is 25.5 Å². The standard InChI is InChI=1S/C15H10N2O6S2/c16-24(18,19)12-3-1-9(2-4-12)14-8-22-17-15(14)23-25(20,21)13-6-10-5-11(10)7-13/h1-8H,(H2,16,18,19). The Morgan fingerprint density at radius 2 is 1.52 bits per heavy atom. The molecule has 1 aromatic heterocycles. The molecule has 2 aliphatic rings. The van der Waals surface area contributed by atoms with E-state index in [1.807, 2.05) is 6.07 Å². The molecule has 128 valence electrons. The van der Waals surface area contributed by atoms with Gasteiger partial charge in [0.25, 0.3) is 5.88 Å². The number of benzene rings is 2. The Labute approximate surface area is 143 Å². The highest BCUT2D eigenvalue weighted by atomic mass is 32.2. The fraction of sp³-hybridized carbons (Fsp3) is 0. The van der Waals surface area contributed by atoms with Crippen molar-refractivity contribution in [1.29, 1.82) is 0 Å². The zero-order valence-corrected chi connectivity index (χ0v) is 14.0. The molecule has 0 spiro atoms. The Morgan fingerprint density at radius 1 is 0.880 bits per heavy atom. The van der Waals surface area contributed by atoms with Crippen molar-refractivity contribution in [2.45, 2.75) is 9.79 Å². The van der Waals surface area contributed by atoms with Crippen LogP contribution in [0.2, 0.25) is 0 Å². The molecule has 0 saturated heterocycles. The topological polar surface area (TPSA) is 130 Å². The van der Waals surface area contributed by atoms with E-state index in [1.165, 1.54) is 42.7 Å². The van der Waals surface area contributed by atoms with Crippen LogP contribution in [0.5, 0.6) is 5.88 Å². The van der Waals surface area contributed by atoms with Gasteiger partial charge in [0.05, 0.1) is 10.5 Å². The minimum absolute atomic E-state index is 0.0403. The molecule has 0 atom stereocenters. The lowest BCUT2D eigenvalue weighted by Crippen LogP contribution is -2.11. The summed E-state index contributed by atoms with van der Waals surface area (Å²) in [6.07, 6.45) is 1.21. The first-order valence-electron chi connectivity index (χ1n) is 6.92. The average molecular weight is 378 g/mol. The number of nitrogens with two attached hydrogens (primary N) is 1. The number of fused-ring (bicyclic) bond motifs is 1. The van der Waals surface area contributed by atoms with Gasteiger partial charge in [-0.15, -0.1) is 0 Å². The second kappa shape index (κ2) is 5.15. The highest BCUT2D eigenvalue weighted by Gasteiger charge is 2.27. The zero-order chi connectivity index (χ0) is 17.8. The summed E-state index contributed by atoms with van der Waals surface area (Å²) in [4.78, 5) is -0.0310. The van der Waals surface area contributed by atoms with Crippen LogP contribution in [0.3, 0.4) is 0 Å². The number of sulfonamides is 1. The molecule has 0 radical (unpaired) electrons. The Morgan fingerprint density at radius 3 is 2.12 bits per heavy atom. The molecule has 0 aliphatic heterocycles. The van der Waals surface area contributed by atoms with E-state index in [0.717, 1.165) is 11.1 Å². The predicted molar refractivity (Wildman–Crippen MR) is 86.6 cm³/mol. The third-order valence-corrected chi connectivity index (χ3v) is 5.78. The lowest BCUT2D eigenvalue weighted by Gasteiger charge is -2.05. The Hall–Kier alpha value is -2.69. The summed E-state index contributed by atoms with van der Waals surface area (Å²) in [5, 5.41) is 8.61. The van der Waals surface area contributed by atoms with Crippen LogP contribution in [-0.2, 0) is 20.1 Å². The quantitative estimate of drug-likeness (QED) is 0.523. The van der Waals surface area contributed by atoms with Crippen molar-refractivity contribution in [3.63, 3.8) is 0 Å². The molecule has 25 heavy (non-hydrogen) atoms. The van der Waals surface area contributed by atoms with E-state index in [9.17, 15) is 16.8 Å². The van der Waals surface area contributed by atoms with Crippen molar-refractivity contribution in [3.8, 4) is 28.1 Å². The summed E-state index contributed by atoms with van der Waals surface area (Å²) in [7, 11) is -7.87. The molecule has 2 aromatic rings. The van der Waals surface area contributed by atoms with Gasteiger partial charge in [-0.1, -0.05) is 12.1 Å². The molecule has 2 N–H and O–H groups in total. The van der Waals surface area contributed by atoms with Crippen molar-refractivity contribution in [1.82, 2.24) is 5.16 Å². The maximum Gasteiger partial charge on any atom is 0.340 e. The lowest BCUT2D eigenvalue weighted by molar-refractivity contribution is 0.383. The Balaban J connectivity index is 1.65. The van der Waals surface area contributed by atoms with Gasteiger partial charge in [-0.25, -0.2) is 13.6 Å². The molecule has 0 saturated carbocycles. The normalized spacial score (nSPS) is 12.8. The Bertz CT molecular complexity index is 1170. The third kappa shape index (κ3) is 2.90. The highest BCUT2D eigenvalue weighted by Crippen LogP contribution is 2.39. The van der Waals surface area contributed by atoms with E-state index in [4.69, 9.17) is 13.8 Å². The van der Waals surface area contributed by atoms with Crippen LogP contribution in [-0.4, -0.2) is 22.0 Å². The van der Waals surface area contributed by atoms with Gasteiger partial charge >= 0.3 is 10.1 Å². The average Bonchev–Trinajstić information content (AvgIpc) is 2.95. The zero-order valence-electron chi connectivity index (χ0n) is 12.4. The van der Waals surface area contributed by atoms with E-state index in [2.05, 4.69) is 5.16 Å². The molecule has 8 nitrogen and oxygen atoms in total. The maximum absolute atomic E-state index is 12.3. The minimum atomic E-state index is -4.04. The number of primary sulfonamides is 1. The molecule has 0 amide bonds. The lowest BCUT2D eigenvalue weighted by atomic mass is 10.1. The van der Waals surface area contributed by atoms with Crippen molar-refractivity contribution >= 4 is 20.1 Å². The molecule has 1 heterocycles. The van der Waals surface area contributed by atoms with Crippen LogP contribution in [0.1, 0.15) is 0 Å². The summed E-state index contributed by atoms with van der Waals surface area (Å²) in [6.45, 7) is 0. The second-order valence-corrected chi connectivity index (χ2v) is 8.49. The number of rotatable bonds is 5. The summed E-state index contributed by atoms with van der Waals surface area (Å²) in [6, 6.07) is 10.3. The molecule has 0 unspecified atom stereocenters. The number of hydrogen-bond donors (Lipinski definition) is 1.